The number of benzene rings is 2. The second-order valence-corrected chi connectivity index (χ2v) is 10.5. The molecule has 1 saturated carbocycles. The van der Waals surface area contributed by atoms with E-state index in [4.69, 9.17) is 21.3 Å². The van der Waals surface area contributed by atoms with Gasteiger partial charge in [0.25, 0.3) is 5.91 Å². The number of carbonyl (C=O) groups is 1. The molecule has 0 aromatic heterocycles. The van der Waals surface area contributed by atoms with Gasteiger partial charge >= 0.3 is 0 Å². The first-order valence-corrected chi connectivity index (χ1v) is 12.8. The Balaban J connectivity index is 1.57. The molecule has 2 aromatic carbocycles. The van der Waals surface area contributed by atoms with Gasteiger partial charge < -0.3 is 9.64 Å². The highest BCUT2D eigenvalue weighted by molar-refractivity contribution is 8.19. The summed E-state index contributed by atoms with van der Waals surface area (Å²) in [6, 6.07) is 13.7. The smallest absolute Gasteiger partial charge is 0.269 e. The number of hydrogen-bond acceptors (Lipinski definition) is 6. The molecule has 1 aliphatic carbocycles. The fourth-order valence-electron chi connectivity index (χ4n) is 4.40. The number of para-hydroxylation sites is 2. The number of ether oxygens (including phenoxy) is 1. The van der Waals surface area contributed by atoms with E-state index in [-0.39, 0.29) is 11.9 Å². The fourth-order valence-corrected chi connectivity index (χ4v) is 6.94. The van der Waals surface area contributed by atoms with E-state index in [0.717, 1.165) is 57.1 Å². The van der Waals surface area contributed by atoms with E-state index >= 15 is 0 Å². The van der Waals surface area contributed by atoms with Gasteiger partial charge in [0.05, 0.1) is 17.8 Å². The summed E-state index contributed by atoms with van der Waals surface area (Å²) in [5.74, 6) is 0.746. The van der Waals surface area contributed by atoms with Crippen molar-refractivity contribution < 1.29 is 9.53 Å². The van der Waals surface area contributed by atoms with Gasteiger partial charge in [-0.1, -0.05) is 54.8 Å². The summed E-state index contributed by atoms with van der Waals surface area (Å²) in [6.07, 6.45) is 5.54. The zero-order valence-corrected chi connectivity index (χ0v) is 20.4. The second kappa shape index (κ2) is 9.04. The van der Waals surface area contributed by atoms with E-state index in [1.165, 1.54) is 18.2 Å². The molecule has 2 fully saturated rings. The first-order chi connectivity index (χ1) is 15.6. The summed E-state index contributed by atoms with van der Waals surface area (Å²) in [7, 11) is 3.64. The van der Waals surface area contributed by atoms with Crippen LogP contribution in [-0.2, 0) is 4.79 Å². The van der Waals surface area contributed by atoms with E-state index in [1.54, 1.807) is 18.9 Å². The summed E-state index contributed by atoms with van der Waals surface area (Å²) >= 11 is 9.31. The number of carbonyl (C=O) groups excluding carboxylic acids is 1. The molecule has 0 spiro atoms. The number of amides is 1. The summed E-state index contributed by atoms with van der Waals surface area (Å²) in [4.78, 5) is 24.5. The highest BCUT2D eigenvalue weighted by Crippen LogP contribution is 2.51. The maximum absolute atomic E-state index is 13.8. The van der Waals surface area contributed by atoms with Crippen molar-refractivity contribution in [1.82, 2.24) is 4.90 Å². The zero-order valence-electron chi connectivity index (χ0n) is 18.0. The minimum atomic E-state index is 0.0452. The third-order valence-corrected chi connectivity index (χ3v) is 8.68. The van der Waals surface area contributed by atoms with Crippen molar-refractivity contribution in [2.24, 2.45) is 4.99 Å². The average molecular weight is 486 g/mol. The van der Waals surface area contributed by atoms with Gasteiger partial charge in [-0.05, 0) is 54.9 Å². The van der Waals surface area contributed by atoms with E-state index in [9.17, 15) is 4.79 Å². The lowest BCUT2D eigenvalue weighted by atomic mass is 9.94. The predicted molar refractivity (Wildman–Crippen MR) is 134 cm³/mol. The Morgan fingerprint density at radius 2 is 1.88 bits per heavy atom. The molecule has 1 amide bonds. The molecule has 0 unspecified atom stereocenters. The number of aliphatic imine (C=N–C) groups is 1. The van der Waals surface area contributed by atoms with Crippen molar-refractivity contribution >= 4 is 57.6 Å². The maximum Gasteiger partial charge on any atom is 0.269 e. The van der Waals surface area contributed by atoms with Crippen LogP contribution in [0.3, 0.4) is 0 Å². The molecule has 2 heterocycles. The predicted octanol–water partition coefficient (Wildman–Crippen LogP) is 6.66. The van der Waals surface area contributed by atoms with E-state index < -0.39 is 0 Å². The normalized spacial score (nSPS) is 22.7. The molecule has 0 atom stereocenters. The van der Waals surface area contributed by atoms with Gasteiger partial charge in [0, 0.05) is 23.0 Å². The number of halogens is 1. The quantitative estimate of drug-likeness (QED) is 0.455. The second-order valence-electron chi connectivity index (χ2n) is 8.04. The van der Waals surface area contributed by atoms with Crippen molar-refractivity contribution in [3.05, 3.63) is 57.4 Å². The van der Waals surface area contributed by atoms with Gasteiger partial charge in [-0.25, -0.2) is 4.99 Å². The first-order valence-electron chi connectivity index (χ1n) is 10.8. The minimum Gasteiger partial charge on any atom is -0.494 e. The van der Waals surface area contributed by atoms with Gasteiger partial charge in [0.2, 0.25) is 0 Å². The summed E-state index contributed by atoms with van der Waals surface area (Å²) < 4.78 is 5.50. The van der Waals surface area contributed by atoms with Gasteiger partial charge in [0.1, 0.15) is 16.3 Å². The molecule has 2 aromatic rings. The van der Waals surface area contributed by atoms with E-state index in [2.05, 4.69) is 4.90 Å². The van der Waals surface area contributed by atoms with Crippen LogP contribution in [0.25, 0.3) is 0 Å². The van der Waals surface area contributed by atoms with Crippen molar-refractivity contribution in [3.63, 3.8) is 0 Å². The molecule has 32 heavy (non-hydrogen) atoms. The molecule has 8 heteroatoms. The molecular weight excluding hydrogens is 462 g/mol. The molecule has 5 nitrogen and oxygen atoms in total. The van der Waals surface area contributed by atoms with Gasteiger partial charge in [0.15, 0.2) is 5.17 Å². The number of fused-ring (bicyclic) bond motifs is 1. The lowest BCUT2D eigenvalue weighted by Crippen LogP contribution is -2.40. The lowest BCUT2D eigenvalue weighted by molar-refractivity contribution is -0.124. The van der Waals surface area contributed by atoms with Crippen LogP contribution in [0.5, 0.6) is 5.75 Å². The lowest BCUT2D eigenvalue weighted by Gasteiger charge is -2.30. The van der Waals surface area contributed by atoms with Crippen LogP contribution in [-0.4, -0.2) is 36.2 Å². The number of rotatable bonds is 3. The Hall–Kier alpha value is -2.09. The van der Waals surface area contributed by atoms with Crippen LogP contribution in [0, 0.1) is 0 Å². The molecule has 3 aliphatic rings. The highest BCUT2D eigenvalue weighted by Gasteiger charge is 2.42. The number of nitrogens with zero attached hydrogens (tertiary/aromatic N) is 3. The van der Waals surface area contributed by atoms with Gasteiger partial charge in [-0.2, -0.15) is 0 Å². The number of amidine groups is 1. The molecule has 5 rings (SSSR count). The third-order valence-electron chi connectivity index (χ3n) is 6.04. The molecule has 1 saturated heterocycles. The summed E-state index contributed by atoms with van der Waals surface area (Å²) in [6.45, 7) is 0. The number of methoxy groups -OCH3 is 1. The molecular formula is C24H24ClN3O2S2. The van der Waals surface area contributed by atoms with Crippen molar-refractivity contribution in [2.45, 2.75) is 43.0 Å². The van der Waals surface area contributed by atoms with Crippen LogP contribution in [0.4, 0.5) is 11.4 Å². The largest absolute Gasteiger partial charge is 0.494 e. The van der Waals surface area contributed by atoms with Crippen LogP contribution < -0.4 is 9.64 Å². The van der Waals surface area contributed by atoms with Crippen LogP contribution >= 0.6 is 35.1 Å². The van der Waals surface area contributed by atoms with Crippen LogP contribution in [0.2, 0.25) is 5.02 Å². The molecule has 166 valence electrons. The van der Waals surface area contributed by atoms with Crippen molar-refractivity contribution in [3.8, 4) is 5.75 Å². The van der Waals surface area contributed by atoms with Crippen molar-refractivity contribution in [1.29, 1.82) is 0 Å². The Labute approximate surface area is 201 Å². The van der Waals surface area contributed by atoms with E-state index in [1.807, 2.05) is 54.4 Å². The monoisotopic (exact) mass is 485 g/mol. The maximum atomic E-state index is 13.8. The fraction of sp³-hybridized carbons (Fsp3) is 0.333. The SMILES string of the molecule is COc1ccccc1N=C1S/C(=C2\Sc3ccc(Cl)cc3N2C)C(=O)N1C1CCCCC1. The standard InChI is InChI=1S/C24H24ClN3O2S2/c1-27-18-14-15(25)12-13-20(18)31-23(27)21-22(29)28(16-8-4-3-5-9-16)24(32-21)26-17-10-6-7-11-19(17)30-2/h6-7,10-14,16H,3-5,8-9H2,1-2H3/b23-21-,26-24?. The highest BCUT2D eigenvalue weighted by atomic mass is 35.5. The summed E-state index contributed by atoms with van der Waals surface area (Å²) in [5, 5.41) is 2.36. The molecule has 0 N–H and O–H groups in total. The molecule has 0 bridgehead atoms. The van der Waals surface area contributed by atoms with Crippen LogP contribution in [0.15, 0.2) is 62.3 Å². The summed E-state index contributed by atoms with van der Waals surface area (Å²) in [5.41, 5.74) is 1.76. The molecule has 0 radical (unpaired) electrons. The zero-order chi connectivity index (χ0) is 22.2. The number of hydrogen-bond donors (Lipinski definition) is 0. The first kappa shape index (κ1) is 21.7. The van der Waals surface area contributed by atoms with Gasteiger partial charge in [-0.3, -0.25) is 9.69 Å². The Morgan fingerprint density at radius 3 is 2.66 bits per heavy atom. The number of thioether (sulfide) groups is 2. The Bertz CT molecular complexity index is 1130. The average Bonchev–Trinajstić information content (AvgIpc) is 3.30. The van der Waals surface area contributed by atoms with Crippen molar-refractivity contribution in [2.75, 3.05) is 19.1 Å². The number of anilines is 1. The Morgan fingerprint density at radius 1 is 1.09 bits per heavy atom. The van der Waals surface area contributed by atoms with E-state index in [0.29, 0.717) is 10.8 Å². The van der Waals surface area contributed by atoms with Crippen LogP contribution in [0.1, 0.15) is 32.1 Å². The topological polar surface area (TPSA) is 45.1 Å². The third kappa shape index (κ3) is 3.91. The minimum absolute atomic E-state index is 0.0452. The van der Waals surface area contributed by atoms with Gasteiger partial charge in [-0.15, -0.1) is 0 Å². The molecule has 2 aliphatic heterocycles. The Kier molecular flexibility index (Phi) is 6.14.